The zero-order chi connectivity index (χ0) is 14.9. The Hall–Kier alpha value is -0.820. The standard InChI is InChI=1S/C12H24N2O4S/c1-11(2,3)18-10(15)14-12(8-13)6-5-9(7-12)19(4,16)17/h9H,5-8,13H2,1-4H3,(H,14,15). The van der Waals surface area contributed by atoms with Gasteiger partial charge in [-0.3, -0.25) is 0 Å². The second kappa shape index (κ2) is 5.28. The van der Waals surface area contributed by atoms with Gasteiger partial charge in [0, 0.05) is 12.8 Å². The van der Waals surface area contributed by atoms with Crippen molar-refractivity contribution in [2.75, 3.05) is 12.8 Å². The number of nitrogens with one attached hydrogen (secondary N) is 1. The van der Waals surface area contributed by atoms with E-state index in [4.69, 9.17) is 10.5 Å². The summed E-state index contributed by atoms with van der Waals surface area (Å²) in [6, 6.07) is 0. The van der Waals surface area contributed by atoms with Gasteiger partial charge in [0.2, 0.25) is 0 Å². The summed E-state index contributed by atoms with van der Waals surface area (Å²) in [5.74, 6) is 0. The Morgan fingerprint density at radius 2 is 2.05 bits per heavy atom. The summed E-state index contributed by atoms with van der Waals surface area (Å²) < 4.78 is 28.3. The maximum absolute atomic E-state index is 11.8. The van der Waals surface area contributed by atoms with E-state index in [0.717, 1.165) is 0 Å². The average molecular weight is 292 g/mol. The van der Waals surface area contributed by atoms with Crippen molar-refractivity contribution in [2.24, 2.45) is 5.73 Å². The molecule has 3 N–H and O–H groups in total. The zero-order valence-electron chi connectivity index (χ0n) is 12.0. The lowest BCUT2D eigenvalue weighted by Gasteiger charge is -2.30. The maximum atomic E-state index is 11.8. The van der Waals surface area contributed by atoms with Gasteiger partial charge in [-0.05, 0) is 40.0 Å². The molecule has 0 heterocycles. The average Bonchev–Trinajstić information content (AvgIpc) is 2.59. The van der Waals surface area contributed by atoms with Crippen LogP contribution in [0.4, 0.5) is 4.79 Å². The maximum Gasteiger partial charge on any atom is 0.408 e. The Labute approximate surface area is 115 Å². The van der Waals surface area contributed by atoms with Crippen molar-refractivity contribution in [1.82, 2.24) is 5.32 Å². The Bertz CT molecular complexity index is 441. The molecule has 6 nitrogen and oxygen atoms in total. The van der Waals surface area contributed by atoms with E-state index < -0.39 is 32.3 Å². The minimum Gasteiger partial charge on any atom is -0.444 e. The van der Waals surface area contributed by atoms with Crippen LogP contribution in [-0.2, 0) is 14.6 Å². The summed E-state index contributed by atoms with van der Waals surface area (Å²) >= 11 is 0. The third kappa shape index (κ3) is 4.65. The van der Waals surface area contributed by atoms with Crippen molar-refractivity contribution in [1.29, 1.82) is 0 Å². The minimum atomic E-state index is -3.10. The lowest BCUT2D eigenvalue weighted by Crippen LogP contribution is -2.53. The molecule has 1 amide bonds. The van der Waals surface area contributed by atoms with Crippen LogP contribution in [0, 0.1) is 0 Å². The van der Waals surface area contributed by atoms with Crippen LogP contribution in [0.3, 0.4) is 0 Å². The fourth-order valence-corrected chi connectivity index (χ4v) is 3.48. The van der Waals surface area contributed by atoms with Crippen LogP contribution in [0.1, 0.15) is 40.0 Å². The Morgan fingerprint density at radius 3 is 2.42 bits per heavy atom. The number of rotatable bonds is 3. The Balaban J connectivity index is 2.72. The van der Waals surface area contributed by atoms with E-state index in [-0.39, 0.29) is 6.54 Å². The van der Waals surface area contributed by atoms with Crippen LogP contribution in [0.2, 0.25) is 0 Å². The van der Waals surface area contributed by atoms with Gasteiger partial charge in [-0.1, -0.05) is 0 Å². The highest BCUT2D eigenvalue weighted by molar-refractivity contribution is 7.91. The predicted octanol–water partition coefficient (Wildman–Crippen LogP) is 0.806. The largest absolute Gasteiger partial charge is 0.444 e. The number of hydrogen-bond donors (Lipinski definition) is 2. The van der Waals surface area contributed by atoms with Crippen LogP contribution in [0.15, 0.2) is 0 Å². The third-order valence-corrected chi connectivity index (χ3v) is 4.94. The highest BCUT2D eigenvalue weighted by Crippen LogP contribution is 2.33. The van der Waals surface area contributed by atoms with Gasteiger partial charge in [-0.2, -0.15) is 0 Å². The summed E-state index contributed by atoms with van der Waals surface area (Å²) in [7, 11) is -3.10. The molecule has 0 aliphatic heterocycles. The Kier molecular flexibility index (Phi) is 4.51. The molecular weight excluding hydrogens is 268 g/mol. The second-order valence-electron chi connectivity index (χ2n) is 6.31. The summed E-state index contributed by atoms with van der Waals surface area (Å²) in [6.07, 6.45) is 2.10. The number of sulfone groups is 1. The summed E-state index contributed by atoms with van der Waals surface area (Å²) in [6.45, 7) is 5.53. The molecule has 0 spiro atoms. The molecule has 0 radical (unpaired) electrons. The monoisotopic (exact) mass is 292 g/mol. The molecule has 112 valence electrons. The topological polar surface area (TPSA) is 98.5 Å². The van der Waals surface area contributed by atoms with Crippen molar-refractivity contribution in [3.05, 3.63) is 0 Å². The van der Waals surface area contributed by atoms with Gasteiger partial charge in [-0.15, -0.1) is 0 Å². The molecule has 1 rings (SSSR count). The molecule has 2 atom stereocenters. The zero-order valence-corrected chi connectivity index (χ0v) is 12.8. The van der Waals surface area contributed by atoms with E-state index in [1.54, 1.807) is 20.8 Å². The van der Waals surface area contributed by atoms with E-state index in [9.17, 15) is 13.2 Å². The van der Waals surface area contributed by atoms with E-state index >= 15 is 0 Å². The highest BCUT2D eigenvalue weighted by Gasteiger charge is 2.43. The van der Waals surface area contributed by atoms with Crippen LogP contribution >= 0.6 is 0 Å². The molecular formula is C12H24N2O4S. The molecule has 0 aromatic heterocycles. The molecule has 1 aliphatic rings. The van der Waals surface area contributed by atoms with Gasteiger partial charge in [0.25, 0.3) is 0 Å². The fourth-order valence-electron chi connectivity index (χ4n) is 2.31. The predicted molar refractivity (Wildman–Crippen MR) is 73.6 cm³/mol. The smallest absolute Gasteiger partial charge is 0.408 e. The van der Waals surface area contributed by atoms with Crippen LogP contribution < -0.4 is 11.1 Å². The van der Waals surface area contributed by atoms with Gasteiger partial charge in [0.05, 0.1) is 10.8 Å². The van der Waals surface area contributed by atoms with Gasteiger partial charge in [0.15, 0.2) is 0 Å². The number of amides is 1. The lowest BCUT2D eigenvalue weighted by atomic mass is 9.98. The third-order valence-electron chi connectivity index (χ3n) is 3.33. The van der Waals surface area contributed by atoms with Crippen molar-refractivity contribution in [3.8, 4) is 0 Å². The highest BCUT2D eigenvalue weighted by atomic mass is 32.2. The number of alkyl carbamates (subject to hydrolysis) is 1. The first kappa shape index (κ1) is 16.2. The van der Waals surface area contributed by atoms with Crippen molar-refractivity contribution in [3.63, 3.8) is 0 Å². The van der Waals surface area contributed by atoms with Crippen LogP contribution in [0.5, 0.6) is 0 Å². The van der Waals surface area contributed by atoms with Crippen molar-refractivity contribution in [2.45, 2.75) is 56.4 Å². The fraction of sp³-hybridized carbons (Fsp3) is 0.917. The molecule has 0 saturated heterocycles. The number of ether oxygens (including phenoxy) is 1. The normalized spacial score (nSPS) is 28.2. The molecule has 0 aromatic carbocycles. The molecule has 1 saturated carbocycles. The molecule has 1 aliphatic carbocycles. The Morgan fingerprint density at radius 1 is 1.47 bits per heavy atom. The first-order chi connectivity index (χ1) is 8.47. The molecule has 7 heteroatoms. The van der Waals surface area contributed by atoms with Gasteiger partial charge in [0.1, 0.15) is 15.4 Å². The molecule has 0 aromatic rings. The van der Waals surface area contributed by atoms with Gasteiger partial charge in [-0.25, -0.2) is 13.2 Å². The SMILES string of the molecule is CC(C)(C)OC(=O)NC1(CN)CCC(S(C)(=O)=O)C1. The van der Waals surface area contributed by atoms with E-state index in [2.05, 4.69) is 5.32 Å². The van der Waals surface area contributed by atoms with Crippen LogP contribution in [0.25, 0.3) is 0 Å². The molecule has 19 heavy (non-hydrogen) atoms. The first-order valence-corrected chi connectivity index (χ1v) is 8.33. The first-order valence-electron chi connectivity index (χ1n) is 6.38. The van der Waals surface area contributed by atoms with Crippen molar-refractivity contribution < 1.29 is 17.9 Å². The van der Waals surface area contributed by atoms with E-state index in [1.807, 2.05) is 0 Å². The molecule has 0 bridgehead atoms. The summed E-state index contributed by atoms with van der Waals surface area (Å²) in [5.41, 5.74) is 4.46. The quantitative estimate of drug-likeness (QED) is 0.802. The number of nitrogens with two attached hydrogens (primary N) is 1. The number of carbonyl (C=O) groups excluding carboxylic acids is 1. The van der Waals surface area contributed by atoms with E-state index in [0.29, 0.717) is 19.3 Å². The number of carbonyl (C=O) groups is 1. The van der Waals surface area contributed by atoms with Gasteiger partial charge < -0.3 is 15.8 Å². The van der Waals surface area contributed by atoms with Crippen LogP contribution in [-0.4, -0.2) is 43.7 Å². The minimum absolute atomic E-state index is 0.207. The molecule has 2 unspecified atom stereocenters. The van der Waals surface area contributed by atoms with Gasteiger partial charge >= 0.3 is 6.09 Å². The van der Waals surface area contributed by atoms with E-state index in [1.165, 1.54) is 6.26 Å². The number of hydrogen-bond acceptors (Lipinski definition) is 5. The second-order valence-corrected chi connectivity index (χ2v) is 8.63. The summed E-state index contributed by atoms with van der Waals surface area (Å²) in [4.78, 5) is 11.8. The molecule has 1 fully saturated rings. The lowest BCUT2D eigenvalue weighted by molar-refractivity contribution is 0.0460. The summed E-state index contributed by atoms with van der Waals surface area (Å²) in [5, 5.41) is 2.31. The van der Waals surface area contributed by atoms with Crippen molar-refractivity contribution >= 4 is 15.9 Å².